The number of thioether (sulfide) groups is 1. The van der Waals surface area contributed by atoms with Gasteiger partial charge in [0.25, 0.3) is 0 Å². The molecule has 0 atom stereocenters. The van der Waals surface area contributed by atoms with E-state index in [2.05, 4.69) is 10.1 Å². The standard InChI is InChI=1S/C22H28ClF3NO4PS/c23-19-9-6-17(7-10-19)5-2-1-3-14-33-21-11-8-18(15-20(21)31-22(24,25)26)16-27-12-4-13-32(28,29)30/h6-11,15,27H,1-5,12-14,16H2,(H2,28,29,30). The van der Waals surface area contributed by atoms with E-state index in [1.54, 1.807) is 12.1 Å². The molecule has 0 fully saturated rings. The van der Waals surface area contributed by atoms with Crippen molar-refractivity contribution in [2.24, 2.45) is 0 Å². The summed E-state index contributed by atoms with van der Waals surface area (Å²) in [5, 5.41) is 3.67. The van der Waals surface area contributed by atoms with Crippen LogP contribution in [0.1, 0.15) is 36.8 Å². The van der Waals surface area contributed by atoms with Crippen LogP contribution in [-0.2, 0) is 17.5 Å². The summed E-state index contributed by atoms with van der Waals surface area (Å²) in [5.74, 6) is 0.442. The highest BCUT2D eigenvalue weighted by atomic mass is 35.5. The Morgan fingerprint density at radius 2 is 1.70 bits per heavy atom. The maximum atomic E-state index is 12.9. The number of ether oxygens (including phenoxy) is 1. The Hall–Kier alpha value is -1.22. The van der Waals surface area contributed by atoms with E-state index in [1.165, 1.54) is 23.4 Å². The summed E-state index contributed by atoms with van der Waals surface area (Å²) in [5.41, 5.74) is 1.80. The van der Waals surface area contributed by atoms with Gasteiger partial charge in [-0.05, 0) is 73.4 Å². The van der Waals surface area contributed by atoms with Crippen molar-refractivity contribution >= 4 is 31.0 Å². The van der Waals surface area contributed by atoms with Crippen LogP contribution in [0, 0.1) is 0 Å². The van der Waals surface area contributed by atoms with Crippen LogP contribution in [-0.4, -0.2) is 34.6 Å². The molecule has 11 heteroatoms. The monoisotopic (exact) mass is 525 g/mol. The lowest BCUT2D eigenvalue weighted by Crippen LogP contribution is -2.19. The minimum Gasteiger partial charge on any atom is -0.405 e. The van der Waals surface area contributed by atoms with Crippen molar-refractivity contribution in [3.63, 3.8) is 0 Å². The minimum absolute atomic E-state index is 0.233. The Morgan fingerprint density at radius 1 is 1.00 bits per heavy atom. The number of rotatable bonds is 14. The third-order valence-electron chi connectivity index (χ3n) is 4.65. The van der Waals surface area contributed by atoms with E-state index in [-0.39, 0.29) is 24.9 Å². The summed E-state index contributed by atoms with van der Waals surface area (Å²) in [6, 6.07) is 12.4. The molecular weight excluding hydrogens is 498 g/mol. The molecule has 184 valence electrons. The number of aryl methyl sites for hydroxylation is 1. The summed E-state index contributed by atoms with van der Waals surface area (Å²) in [4.78, 5) is 18.1. The summed E-state index contributed by atoms with van der Waals surface area (Å²) in [6.07, 6.45) is -1.02. The Bertz CT molecular complexity index is 910. The predicted molar refractivity (Wildman–Crippen MR) is 126 cm³/mol. The van der Waals surface area contributed by atoms with Gasteiger partial charge in [0.15, 0.2) is 0 Å². The van der Waals surface area contributed by atoms with Crippen LogP contribution in [0.25, 0.3) is 0 Å². The van der Waals surface area contributed by atoms with E-state index in [0.29, 0.717) is 27.8 Å². The molecule has 2 aromatic rings. The highest BCUT2D eigenvalue weighted by molar-refractivity contribution is 7.99. The maximum Gasteiger partial charge on any atom is 0.573 e. The van der Waals surface area contributed by atoms with E-state index in [0.717, 1.165) is 25.7 Å². The first kappa shape index (κ1) is 28.0. The summed E-state index contributed by atoms with van der Waals surface area (Å²) < 4.78 is 53.7. The number of halogens is 4. The van der Waals surface area contributed by atoms with Crippen molar-refractivity contribution in [1.29, 1.82) is 0 Å². The average molecular weight is 526 g/mol. The van der Waals surface area contributed by atoms with Gasteiger partial charge in [0.05, 0.1) is 6.16 Å². The summed E-state index contributed by atoms with van der Waals surface area (Å²) >= 11 is 7.20. The maximum absolute atomic E-state index is 12.9. The average Bonchev–Trinajstić information content (AvgIpc) is 2.71. The normalized spacial score (nSPS) is 12.2. The van der Waals surface area contributed by atoms with Crippen LogP contribution in [0.2, 0.25) is 5.02 Å². The van der Waals surface area contributed by atoms with Gasteiger partial charge in [-0.2, -0.15) is 0 Å². The lowest BCUT2D eigenvalue weighted by molar-refractivity contribution is -0.275. The summed E-state index contributed by atoms with van der Waals surface area (Å²) in [7, 11) is -4.04. The van der Waals surface area contributed by atoms with Gasteiger partial charge in [0, 0.05) is 16.5 Å². The zero-order chi connectivity index (χ0) is 24.3. The molecule has 0 saturated heterocycles. The molecule has 0 saturated carbocycles. The fourth-order valence-corrected chi connectivity index (χ4v) is 4.74. The largest absolute Gasteiger partial charge is 0.573 e. The smallest absolute Gasteiger partial charge is 0.405 e. The quantitative estimate of drug-likeness (QED) is 0.150. The van der Waals surface area contributed by atoms with Crippen molar-refractivity contribution in [2.45, 2.75) is 49.9 Å². The molecule has 3 N–H and O–H groups in total. The second kappa shape index (κ2) is 13.6. The molecule has 5 nitrogen and oxygen atoms in total. The van der Waals surface area contributed by atoms with E-state index in [4.69, 9.17) is 21.4 Å². The van der Waals surface area contributed by atoms with Gasteiger partial charge in [-0.25, -0.2) is 0 Å². The molecule has 2 aromatic carbocycles. The van der Waals surface area contributed by atoms with Gasteiger partial charge in [0.2, 0.25) is 0 Å². The Kier molecular flexibility index (Phi) is 11.6. The molecule has 0 radical (unpaired) electrons. The topological polar surface area (TPSA) is 78.8 Å². The Morgan fingerprint density at radius 3 is 2.36 bits per heavy atom. The highest BCUT2D eigenvalue weighted by Gasteiger charge is 2.32. The summed E-state index contributed by atoms with van der Waals surface area (Å²) in [6.45, 7) is 0.609. The molecule has 0 spiro atoms. The molecule has 0 amide bonds. The van der Waals surface area contributed by atoms with Crippen LogP contribution in [0.15, 0.2) is 47.4 Å². The fraction of sp³-hybridized carbons (Fsp3) is 0.455. The molecule has 33 heavy (non-hydrogen) atoms. The molecule has 0 aliphatic carbocycles. The molecule has 0 aliphatic rings. The zero-order valence-electron chi connectivity index (χ0n) is 18.0. The first-order valence-electron chi connectivity index (χ1n) is 10.5. The van der Waals surface area contributed by atoms with E-state index in [9.17, 15) is 17.7 Å². The van der Waals surface area contributed by atoms with Crippen molar-refractivity contribution < 1.29 is 32.3 Å². The zero-order valence-corrected chi connectivity index (χ0v) is 20.5. The molecular formula is C22H28ClF3NO4PS. The van der Waals surface area contributed by atoms with Crippen LogP contribution >= 0.6 is 31.0 Å². The van der Waals surface area contributed by atoms with Gasteiger partial charge in [-0.3, -0.25) is 4.57 Å². The molecule has 0 heterocycles. The van der Waals surface area contributed by atoms with Gasteiger partial charge in [-0.1, -0.05) is 36.2 Å². The van der Waals surface area contributed by atoms with Crippen LogP contribution in [0.3, 0.4) is 0 Å². The second-order valence-electron chi connectivity index (χ2n) is 7.53. The second-order valence-corrected chi connectivity index (χ2v) is 10.9. The molecule has 2 rings (SSSR count). The van der Waals surface area contributed by atoms with E-state index in [1.807, 2.05) is 24.3 Å². The van der Waals surface area contributed by atoms with Gasteiger partial charge in [-0.15, -0.1) is 24.9 Å². The highest BCUT2D eigenvalue weighted by Crippen LogP contribution is 2.35. The molecule has 0 aliphatic heterocycles. The molecule has 0 bridgehead atoms. The van der Waals surface area contributed by atoms with E-state index < -0.39 is 14.0 Å². The third kappa shape index (κ3) is 12.7. The Labute approximate surface area is 201 Å². The van der Waals surface area contributed by atoms with Crippen LogP contribution < -0.4 is 10.1 Å². The molecule has 0 unspecified atom stereocenters. The molecule has 0 aromatic heterocycles. The van der Waals surface area contributed by atoms with Crippen LogP contribution in [0.4, 0.5) is 13.2 Å². The number of alkyl halides is 3. The van der Waals surface area contributed by atoms with Gasteiger partial charge >= 0.3 is 14.0 Å². The third-order valence-corrected chi connectivity index (χ3v) is 6.94. The fourth-order valence-electron chi connectivity index (χ4n) is 3.07. The van der Waals surface area contributed by atoms with E-state index >= 15 is 0 Å². The number of benzene rings is 2. The lowest BCUT2D eigenvalue weighted by atomic mass is 10.1. The number of nitrogens with one attached hydrogen (secondary N) is 1. The van der Waals surface area contributed by atoms with Gasteiger partial charge < -0.3 is 19.8 Å². The predicted octanol–water partition coefficient (Wildman–Crippen LogP) is 6.40. The number of hydrogen-bond donors (Lipinski definition) is 3. The van der Waals surface area contributed by atoms with Gasteiger partial charge in [0.1, 0.15) is 5.75 Å². The van der Waals surface area contributed by atoms with Crippen LogP contribution in [0.5, 0.6) is 5.75 Å². The Balaban J connectivity index is 1.80. The van der Waals surface area contributed by atoms with Crippen molar-refractivity contribution in [2.75, 3.05) is 18.5 Å². The first-order chi connectivity index (χ1) is 15.5. The number of hydrogen-bond acceptors (Lipinski definition) is 4. The minimum atomic E-state index is -4.79. The van der Waals surface area contributed by atoms with Crippen molar-refractivity contribution in [1.82, 2.24) is 5.32 Å². The number of unbranched alkanes of at least 4 members (excludes halogenated alkanes) is 2. The van der Waals surface area contributed by atoms with Crippen molar-refractivity contribution in [3.05, 3.63) is 58.6 Å². The SMILES string of the molecule is O=P(O)(O)CCCNCc1ccc(SCCCCCc2ccc(Cl)cc2)c(OC(F)(F)F)c1. The lowest BCUT2D eigenvalue weighted by Gasteiger charge is -2.15. The first-order valence-corrected chi connectivity index (χ1v) is 13.7. The van der Waals surface area contributed by atoms with Crippen molar-refractivity contribution in [3.8, 4) is 5.75 Å².